The average Bonchev–Trinajstić information content (AvgIpc) is 2.60. The molecule has 1 aliphatic rings. The van der Waals surface area contributed by atoms with Crippen molar-refractivity contribution in [2.75, 3.05) is 44.2 Å². The van der Waals surface area contributed by atoms with Crippen LogP contribution in [0.3, 0.4) is 0 Å². The smallest absolute Gasteiger partial charge is 0.237 e. The molecule has 1 aromatic carbocycles. The highest BCUT2D eigenvalue weighted by Crippen LogP contribution is 2.29. The van der Waals surface area contributed by atoms with Crippen LogP contribution in [0.5, 0.6) is 5.75 Å². The first-order chi connectivity index (χ1) is 11.2. The van der Waals surface area contributed by atoms with E-state index in [2.05, 4.69) is 27.8 Å². The van der Waals surface area contributed by atoms with Gasteiger partial charge in [-0.05, 0) is 26.0 Å². The Morgan fingerprint density at radius 3 is 2.70 bits per heavy atom. The fraction of sp³-hybridized carbons (Fsp3) is 0.500. The van der Waals surface area contributed by atoms with Crippen LogP contribution in [0.2, 0.25) is 0 Å². The van der Waals surface area contributed by atoms with Crippen molar-refractivity contribution < 1.29 is 9.53 Å². The van der Waals surface area contributed by atoms with Crippen LogP contribution in [0.15, 0.2) is 36.9 Å². The molecule has 23 heavy (non-hydrogen) atoms. The molecule has 0 aliphatic carbocycles. The molecule has 1 atom stereocenters. The number of rotatable bonds is 7. The largest absolute Gasteiger partial charge is 0.492 e. The summed E-state index contributed by atoms with van der Waals surface area (Å²) in [6, 6.07) is 8.03. The van der Waals surface area contributed by atoms with Gasteiger partial charge in [-0.1, -0.05) is 18.2 Å². The number of benzene rings is 1. The predicted molar refractivity (Wildman–Crippen MR) is 94.1 cm³/mol. The quantitative estimate of drug-likeness (QED) is 0.780. The van der Waals surface area contributed by atoms with E-state index in [1.54, 1.807) is 6.08 Å². The van der Waals surface area contributed by atoms with Gasteiger partial charge < -0.3 is 15.0 Å². The van der Waals surface area contributed by atoms with Crippen molar-refractivity contribution in [1.82, 2.24) is 10.2 Å². The van der Waals surface area contributed by atoms with Crippen molar-refractivity contribution in [2.24, 2.45) is 0 Å². The van der Waals surface area contributed by atoms with E-state index in [-0.39, 0.29) is 11.9 Å². The van der Waals surface area contributed by atoms with Gasteiger partial charge in [-0.25, -0.2) is 0 Å². The molecule has 126 valence electrons. The van der Waals surface area contributed by atoms with E-state index in [0.29, 0.717) is 13.2 Å². The number of anilines is 1. The normalized spacial score (nSPS) is 16.7. The van der Waals surface area contributed by atoms with Crippen LogP contribution in [0.25, 0.3) is 0 Å². The molecule has 1 aromatic rings. The number of amides is 1. The molecule has 0 bridgehead atoms. The summed E-state index contributed by atoms with van der Waals surface area (Å²) < 4.78 is 5.72. The summed E-state index contributed by atoms with van der Waals surface area (Å²) in [6.45, 7) is 12.3. The standard InChI is InChI=1S/C18H27N3O2/c1-4-10-19-18(22)15(3)20-11-13-21(14-12-20)16-8-6-7-9-17(16)23-5-2/h4,6-9,15H,1,5,10-14H2,2-3H3,(H,19,22). The molecule has 1 heterocycles. The van der Waals surface area contributed by atoms with Gasteiger partial charge in [0.25, 0.3) is 0 Å². The Morgan fingerprint density at radius 1 is 1.35 bits per heavy atom. The molecule has 5 nitrogen and oxygen atoms in total. The molecule has 1 unspecified atom stereocenters. The second kappa shape index (κ2) is 8.58. The molecule has 2 rings (SSSR count). The van der Waals surface area contributed by atoms with E-state index >= 15 is 0 Å². The fourth-order valence-electron chi connectivity index (χ4n) is 2.83. The highest BCUT2D eigenvalue weighted by atomic mass is 16.5. The molecule has 1 aliphatic heterocycles. The van der Waals surface area contributed by atoms with Gasteiger partial charge in [-0.3, -0.25) is 9.69 Å². The molecular weight excluding hydrogens is 290 g/mol. The summed E-state index contributed by atoms with van der Waals surface area (Å²) in [5, 5.41) is 2.87. The maximum Gasteiger partial charge on any atom is 0.237 e. The Morgan fingerprint density at radius 2 is 2.04 bits per heavy atom. The van der Waals surface area contributed by atoms with Crippen molar-refractivity contribution >= 4 is 11.6 Å². The number of piperazine rings is 1. The molecule has 1 amide bonds. The van der Waals surface area contributed by atoms with Crippen molar-refractivity contribution in [3.8, 4) is 5.75 Å². The lowest BCUT2D eigenvalue weighted by Crippen LogP contribution is -2.54. The lowest BCUT2D eigenvalue weighted by Gasteiger charge is -2.38. The number of nitrogens with zero attached hydrogens (tertiary/aromatic N) is 2. The van der Waals surface area contributed by atoms with Gasteiger partial charge in [0, 0.05) is 32.7 Å². The fourth-order valence-corrected chi connectivity index (χ4v) is 2.83. The van der Waals surface area contributed by atoms with Gasteiger partial charge in [-0.2, -0.15) is 0 Å². The molecule has 0 spiro atoms. The minimum absolute atomic E-state index is 0.0630. The molecular formula is C18H27N3O2. The Bertz CT molecular complexity index is 525. The highest BCUT2D eigenvalue weighted by molar-refractivity contribution is 5.81. The molecule has 0 radical (unpaired) electrons. The van der Waals surface area contributed by atoms with Crippen molar-refractivity contribution in [1.29, 1.82) is 0 Å². The Kier molecular flexibility index (Phi) is 6.47. The van der Waals surface area contributed by atoms with Crippen molar-refractivity contribution in [3.05, 3.63) is 36.9 Å². The maximum absolute atomic E-state index is 12.1. The zero-order chi connectivity index (χ0) is 16.7. The minimum Gasteiger partial charge on any atom is -0.492 e. The van der Waals surface area contributed by atoms with Crippen LogP contribution in [0, 0.1) is 0 Å². The van der Waals surface area contributed by atoms with Gasteiger partial charge in [0.05, 0.1) is 18.3 Å². The highest BCUT2D eigenvalue weighted by Gasteiger charge is 2.26. The molecule has 1 N–H and O–H groups in total. The van der Waals surface area contributed by atoms with Gasteiger partial charge >= 0.3 is 0 Å². The number of hydrogen-bond donors (Lipinski definition) is 1. The first-order valence-corrected chi connectivity index (χ1v) is 8.26. The number of carbonyl (C=O) groups excluding carboxylic acids is 1. The van der Waals surface area contributed by atoms with Gasteiger partial charge in [-0.15, -0.1) is 6.58 Å². The second-order valence-corrected chi connectivity index (χ2v) is 5.63. The maximum atomic E-state index is 12.1. The van der Waals surface area contributed by atoms with Gasteiger partial charge in [0.2, 0.25) is 5.91 Å². The lowest BCUT2D eigenvalue weighted by atomic mass is 10.2. The molecule has 5 heteroatoms. The first kappa shape index (κ1) is 17.3. The van der Waals surface area contributed by atoms with Crippen LogP contribution in [-0.2, 0) is 4.79 Å². The molecule has 1 saturated heterocycles. The lowest BCUT2D eigenvalue weighted by molar-refractivity contribution is -0.125. The third-order valence-electron chi connectivity index (χ3n) is 4.17. The summed E-state index contributed by atoms with van der Waals surface area (Å²) >= 11 is 0. The van der Waals surface area contributed by atoms with Crippen LogP contribution in [0.4, 0.5) is 5.69 Å². The summed E-state index contributed by atoms with van der Waals surface area (Å²) in [5.41, 5.74) is 1.14. The summed E-state index contributed by atoms with van der Waals surface area (Å²) in [5.74, 6) is 0.994. The number of hydrogen-bond acceptors (Lipinski definition) is 4. The van der Waals surface area contributed by atoms with Crippen LogP contribution in [0.1, 0.15) is 13.8 Å². The van der Waals surface area contributed by atoms with E-state index in [0.717, 1.165) is 37.6 Å². The summed E-state index contributed by atoms with van der Waals surface area (Å²) in [7, 11) is 0. The average molecular weight is 317 g/mol. The third-order valence-corrected chi connectivity index (χ3v) is 4.17. The van der Waals surface area contributed by atoms with E-state index in [4.69, 9.17) is 4.74 Å². The van der Waals surface area contributed by atoms with E-state index in [9.17, 15) is 4.79 Å². The van der Waals surface area contributed by atoms with E-state index < -0.39 is 0 Å². The Balaban J connectivity index is 1.93. The summed E-state index contributed by atoms with van der Waals surface area (Å²) in [6.07, 6.45) is 1.70. The second-order valence-electron chi connectivity index (χ2n) is 5.63. The van der Waals surface area contributed by atoms with E-state index in [1.165, 1.54) is 0 Å². The topological polar surface area (TPSA) is 44.8 Å². The number of nitrogens with one attached hydrogen (secondary N) is 1. The Labute approximate surface area is 138 Å². The van der Waals surface area contributed by atoms with Crippen LogP contribution < -0.4 is 15.0 Å². The zero-order valence-corrected chi connectivity index (χ0v) is 14.1. The molecule has 0 saturated carbocycles. The number of para-hydroxylation sites is 2. The van der Waals surface area contributed by atoms with Crippen molar-refractivity contribution in [2.45, 2.75) is 19.9 Å². The van der Waals surface area contributed by atoms with Crippen LogP contribution >= 0.6 is 0 Å². The number of carbonyl (C=O) groups is 1. The molecule has 1 fully saturated rings. The van der Waals surface area contributed by atoms with Crippen molar-refractivity contribution in [3.63, 3.8) is 0 Å². The Hall–Kier alpha value is -2.01. The van der Waals surface area contributed by atoms with Gasteiger partial charge in [0.15, 0.2) is 0 Å². The first-order valence-electron chi connectivity index (χ1n) is 8.26. The zero-order valence-electron chi connectivity index (χ0n) is 14.1. The van der Waals surface area contributed by atoms with Gasteiger partial charge in [0.1, 0.15) is 5.75 Å². The SMILES string of the molecule is C=CCNC(=O)C(C)N1CCN(c2ccccc2OCC)CC1. The molecule has 0 aromatic heterocycles. The van der Waals surface area contributed by atoms with E-state index in [1.807, 2.05) is 32.0 Å². The van der Waals surface area contributed by atoms with Crippen LogP contribution in [-0.4, -0.2) is 56.2 Å². The minimum atomic E-state index is -0.112. The third kappa shape index (κ3) is 4.48. The monoisotopic (exact) mass is 317 g/mol. The predicted octanol–water partition coefficient (Wildman–Crippen LogP) is 1.90. The summed E-state index contributed by atoms with van der Waals surface area (Å²) in [4.78, 5) is 16.6. The number of ether oxygens (including phenoxy) is 1.